The number of nitrogens with one attached hydrogen (secondary N) is 2. The van der Waals surface area contributed by atoms with Gasteiger partial charge in [-0.05, 0) is 45.6 Å². The van der Waals surface area contributed by atoms with Crippen LogP contribution < -0.4 is 10.6 Å². The van der Waals surface area contributed by atoms with Crippen LogP contribution in [0.25, 0.3) is 0 Å². The number of carbonyl (C=O) groups is 2. The molecular formula is C19H30N2O4. The molecule has 25 heavy (non-hydrogen) atoms. The molecule has 0 radical (unpaired) electrons. The van der Waals surface area contributed by atoms with Crippen LogP contribution >= 0.6 is 0 Å². The maximum atomic E-state index is 11.9. The van der Waals surface area contributed by atoms with Crippen LogP contribution in [0, 0.1) is 0 Å². The molecule has 0 aliphatic carbocycles. The number of methoxy groups -OCH3 is 1. The molecule has 1 rings (SSSR count). The van der Waals surface area contributed by atoms with Gasteiger partial charge in [-0.2, -0.15) is 0 Å². The van der Waals surface area contributed by atoms with Gasteiger partial charge in [-0.15, -0.1) is 0 Å². The van der Waals surface area contributed by atoms with E-state index in [-0.39, 0.29) is 12.0 Å². The summed E-state index contributed by atoms with van der Waals surface area (Å²) in [4.78, 5) is 23.4. The summed E-state index contributed by atoms with van der Waals surface area (Å²) in [6, 6.07) is 9.77. The molecule has 0 bridgehead atoms. The highest BCUT2D eigenvalue weighted by Gasteiger charge is 2.19. The molecule has 0 aliphatic heterocycles. The van der Waals surface area contributed by atoms with Crippen LogP contribution in [0.4, 0.5) is 4.79 Å². The fourth-order valence-electron chi connectivity index (χ4n) is 2.33. The van der Waals surface area contributed by atoms with Crippen molar-refractivity contribution in [3.8, 4) is 0 Å². The largest absolute Gasteiger partial charge is 0.468 e. The second-order valence-electron chi connectivity index (χ2n) is 6.84. The van der Waals surface area contributed by atoms with E-state index in [1.807, 2.05) is 39.0 Å². The minimum atomic E-state index is -0.524. The van der Waals surface area contributed by atoms with E-state index in [0.717, 1.165) is 12.8 Å². The normalized spacial score (nSPS) is 12.3. The fourth-order valence-corrected chi connectivity index (χ4v) is 2.33. The summed E-state index contributed by atoms with van der Waals surface area (Å²) in [5, 5.41) is 5.79. The van der Waals surface area contributed by atoms with Crippen molar-refractivity contribution in [2.24, 2.45) is 0 Å². The van der Waals surface area contributed by atoms with Crippen molar-refractivity contribution in [2.45, 2.75) is 51.7 Å². The van der Waals surface area contributed by atoms with Gasteiger partial charge in [0.15, 0.2) is 0 Å². The summed E-state index contributed by atoms with van der Waals surface area (Å²) in [7, 11) is 1.38. The Hall–Kier alpha value is -2.08. The number of alkyl carbamates (subject to hydrolysis) is 1. The molecule has 6 nitrogen and oxygen atoms in total. The molecule has 1 atom stereocenters. The van der Waals surface area contributed by atoms with E-state index in [2.05, 4.69) is 22.8 Å². The zero-order chi connectivity index (χ0) is 18.7. The molecule has 0 aromatic heterocycles. The lowest BCUT2D eigenvalue weighted by molar-refractivity contribution is -0.143. The topological polar surface area (TPSA) is 76.7 Å². The van der Waals surface area contributed by atoms with Gasteiger partial charge in [0.05, 0.1) is 7.11 Å². The van der Waals surface area contributed by atoms with E-state index in [1.165, 1.54) is 12.7 Å². The monoisotopic (exact) mass is 350 g/mol. The summed E-state index contributed by atoms with van der Waals surface area (Å²) in [6.07, 6.45) is 1.99. The number of hydrogen-bond acceptors (Lipinski definition) is 5. The lowest BCUT2D eigenvalue weighted by atomic mass is 10.0. The number of amides is 1. The fraction of sp³-hybridized carbons (Fsp3) is 0.579. The van der Waals surface area contributed by atoms with Crippen molar-refractivity contribution in [1.82, 2.24) is 10.6 Å². The van der Waals surface area contributed by atoms with Crippen molar-refractivity contribution < 1.29 is 19.1 Å². The highest BCUT2D eigenvalue weighted by Crippen LogP contribution is 2.08. The van der Waals surface area contributed by atoms with Crippen LogP contribution in [-0.4, -0.2) is 43.9 Å². The third kappa shape index (κ3) is 9.72. The van der Waals surface area contributed by atoms with Gasteiger partial charge < -0.3 is 20.1 Å². The van der Waals surface area contributed by atoms with Crippen molar-refractivity contribution >= 4 is 12.1 Å². The average Bonchev–Trinajstić information content (AvgIpc) is 2.55. The molecule has 0 fully saturated rings. The van der Waals surface area contributed by atoms with Crippen LogP contribution in [0.1, 0.15) is 39.2 Å². The first-order chi connectivity index (χ1) is 11.8. The summed E-state index contributed by atoms with van der Waals surface area (Å²) < 4.78 is 10.0. The third-order valence-electron chi connectivity index (χ3n) is 3.47. The Kier molecular flexibility index (Phi) is 8.99. The Morgan fingerprint density at radius 3 is 2.40 bits per heavy atom. The Balaban J connectivity index is 2.31. The van der Waals surface area contributed by atoms with Gasteiger partial charge in [0.2, 0.25) is 0 Å². The number of ether oxygens (including phenoxy) is 2. The van der Waals surface area contributed by atoms with Crippen molar-refractivity contribution in [3.63, 3.8) is 0 Å². The number of rotatable bonds is 9. The summed E-state index contributed by atoms with van der Waals surface area (Å²) in [5.41, 5.74) is 0.724. The van der Waals surface area contributed by atoms with Gasteiger partial charge in [0.25, 0.3) is 0 Å². The molecule has 1 amide bonds. The Bertz CT molecular complexity index is 526. The Morgan fingerprint density at radius 1 is 1.12 bits per heavy atom. The minimum absolute atomic E-state index is 0.287. The average molecular weight is 350 g/mol. The second kappa shape index (κ2) is 10.7. The van der Waals surface area contributed by atoms with Gasteiger partial charge in [-0.1, -0.05) is 30.3 Å². The van der Waals surface area contributed by atoms with E-state index >= 15 is 0 Å². The van der Waals surface area contributed by atoms with Crippen LogP contribution in [0.3, 0.4) is 0 Å². The number of aryl methyl sites for hydroxylation is 1. The quantitative estimate of drug-likeness (QED) is 0.529. The molecule has 6 heteroatoms. The van der Waals surface area contributed by atoms with Gasteiger partial charge in [-0.25, -0.2) is 4.79 Å². The smallest absolute Gasteiger partial charge is 0.407 e. The molecule has 0 spiro atoms. The Labute approximate surface area is 150 Å². The molecule has 0 heterocycles. The van der Waals surface area contributed by atoms with Gasteiger partial charge in [0, 0.05) is 13.1 Å². The van der Waals surface area contributed by atoms with Crippen LogP contribution in [0.2, 0.25) is 0 Å². The van der Waals surface area contributed by atoms with Crippen LogP contribution in [-0.2, 0) is 20.7 Å². The SMILES string of the molecule is COC(=O)C(CCCc1ccccc1)NCCNC(=O)OC(C)(C)C. The highest BCUT2D eigenvalue weighted by molar-refractivity contribution is 5.75. The summed E-state index contributed by atoms with van der Waals surface area (Å²) in [6.45, 7) is 6.27. The van der Waals surface area contributed by atoms with Crippen LogP contribution in [0.15, 0.2) is 30.3 Å². The number of carbonyl (C=O) groups excluding carboxylic acids is 2. The molecule has 0 saturated carbocycles. The predicted octanol–water partition coefficient (Wildman–Crippen LogP) is 2.67. The van der Waals surface area contributed by atoms with Crippen molar-refractivity contribution in [1.29, 1.82) is 0 Å². The molecule has 0 saturated heterocycles. The number of benzene rings is 1. The molecule has 140 valence electrons. The van der Waals surface area contributed by atoms with Crippen molar-refractivity contribution in [3.05, 3.63) is 35.9 Å². The zero-order valence-electron chi connectivity index (χ0n) is 15.6. The van der Waals surface area contributed by atoms with E-state index in [9.17, 15) is 9.59 Å². The molecular weight excluding hydrogens is 320 g/mol. The predicted molar refractivity (Wildman–Crippen MR) is 97.4 cm³/mol. The lowest BCUT2D eigenvalue weighted by Gasteiger charge is -2.20. The van der Waals surface area contributed by atoms with Crippen molar-refractivity contribution in [2.75, 3.05) is 20.2 Å². The second-order valence-corrected chi connectivity index (χ2v) is 6.84. The third-order valence-corrected chi connectivity index (χ3v) is 3.47. The molecule has 0 aliphatic rings. The van der Waals surface area contributed by atoms with E-state index in [4.69, 9.17) is 9.47 Å². The van der Waals surface area contributed by atoms with Gasteiger partial charge in [0.1, 0.15) is 11.6 Å². The number of hydrogen-bond donors (Lipinski definition) is 2. The first-order valence-electron chi connectivity index (χ1n) is 8.64. The van der Waals surface area contributed by atoms with E-state index in [0.29, 0.717) is 19.5 Å². The maximum Gasteiger partial charge on any atom is 0.407 e. The van der Waals surface area contributed by atoms with Crippen LogP contribution in [0.5, 0.6) is 0 Å². The zero-order valence-corrected chi connectivity index (χ0v) is 15.6. The van der Waals surface area contributed by atoms with E-state index < -0.39 is 11.7 Å². The van der Waals surface area contributed by atoms with E-state index in [1.54, 1.807) is 0 Å². The van der Waals surface area contributed by atoms with Gasteiger partial charge >= 0.3 is 12.1 Å². The Morgan fingerprint density at radius 2 is 1.80 bits per heavy atom. The molecule has 2 N–H and O–H groups in total. The summed E-state index contributed by atoms with van der Waals surface area (Å²) >= 11 is 0. The maximum absolute atomic E-state index is 11.9. The summed E-state index contributed by atoms with van der Waals surface area (Å²) in [5.74, 6) is -0.287. The molecule has 1 unspecified atom stereocenters. The molecule has 1 aromatic carbocycles. The minimum Gasteiger partial charge on any atom is -0.468 e. The lowest BCUT2D eigenvalue weighted by Crippen LogP contribution is -2.42. The standard InChI is InChI=1S/C19H30N2O4/c1-19(2,3)25-18(23)21-14-13-20-16(17(22)24-4)12-8-11-15-9-6-5-7-10-15/h5-7,9-10,16,20H,8,11-14H2,1-4H3,(H,21,23). The highest BCUT2D eigenvalue weighted by atomic mass is 16.6. The first kappa shape index (κ1) is 21.0. The first-order valence-corrected chi connectivity index (χ1v) is 8.64. The van der Waals surface area contributed by atoms with Gasteiger partial charge in [-0.3, -0.25) is 4.79 Å². The molecule has 1 aromatic rings. The number of esters is 1.